The van der Waals surface area contributed by atoms with Crippen LogP contribution in [0.4, 0.5) is 0 Å². The van der Waals surface area contributed by atoms with E-state index in [9.17, 15) is 28.8 Å². The second-order valence-electron chi connectivity index (χ2n) is 7.62. The lowest BCUT2D eigenvalue weighted by Gasteiger charge is -2.27. The van der Waals surface area contributed by atoms with Gasteiger partial charge in [-0.15, -0.1) is 0 Å². The Morgan fingerprint density at radius 3 is 2.35 bits per heavy atom. The van der Waals surface area contributed by atoms with E-state index < -0.39 is 59.7 Å². The van der Waals surface area contributed by atoms with Crippen LogP contribution >= 0.6 is 21.6 Å². The van der Waals surface area contributed by atoms with E-state index in [0.717, 1.165) is 0 Å². The van der Waals surface area contributed by atoms with Crippen LogP contribution < -0.4 is 32.7 Å². The van der Waals surface area contributed by atoms with Gasteiger partial charge in [0.25, 0.3) is 0 Å². The number of nitrogens with one attached hydrogen (secondary N) is 4. The number of unbranched alkanes of at least 4 members (excludes halogenated alkanes) is 1. The van der Waals surface area contributed by atoms with E-state index >= 15 is 0 Å². The van der Waals surface area contributed by atoms with Gasteiger partial charge in [0.2, 0.25) is 29.5 Å². The van der Waals surface area contributed by atoms with Gasteiger partial charge in [0.05, 0.1) is 0 Å². The summed E-state index contributed by atoms with van der Waals surface area (Å²) in [6.45, 7) is 1.63. The Labute approximate surface area is 205 Å². The number of carbonyl (C=O) groups is 6. The van der Waals surface area contributed by atoms with Crippen molar-refractivity contribution in [2.24, 2.45) is 11.5 Å². The Bertz CT molecular complexity index is 769. The topological polar surface area (TPSA) is 223 Å². The normalized spacial score (nSPS) is 20.0. The molecule has 0 radical (unpaired) electrons. The third-order valence-electron chi connectivity index (χ3n) is 4.77. The number of primary amides is 1. The van der Waals surface area contributed by atoms with Crippen molar-refractivity contribution in [3.8, 4) is 0 Å². The standard InChI is InChI=1S/C19H32N6O7S2/c1-10(26)22-12(5-6-15(27)28)17(30)24-14-9-34-33-8-13(25-19(14)32)18(31)23-11(16(21)29)4-2-3-7-20/h11-14H,2-9,20H2,1H3,(H2,21,29)(H,22,26)(H,23,31)(H,24,30)(H,25,32)(H,27,28)/t11-,12-,13-,14-/m0/s1. The second-order valence-corrected chi connectivity index (χ2v) is 10.2. The Kier molecular flexibility index (Phi) is 13.4. The monoisotopic (exact) mass is 520 g/mol. The third kappa shape index (κ3) is 11.1. The van der Waals surface area contributed by atoms with E-state index in [-0.39, 0.29) is 24.3 Å². The van der Waals surface area contributed by atoms with Gasteiger partial charge >= 0.3 is 5.97 Å². The van der Waals surface area contributed by atoms with Crippen LogP contribution in [0, 0.1) is 0 Å². The van der Waals surface area contributed by atoms with Crippen LogP contribution in [-0.4, -0.2) is 82.8 Å². The van der Waals surface area contributed by atoms with Crippen LogP contribution in [0.1, 0.15) is 39.0 Å². The molecule has 13 nitrogen and oxygen atoms in total. The van der Waals surface area contributed by atoms with E-state index in [1.165, 1.54) is 28.5 Å². The van der Waals surface area contributed by atoms with Crippen LogP contribution in [0.15, 0.2) is 0 Å². The molecule has 0 bridgehead atoms. The second kappa shape index (κ2) is 15.4. The number of amides is 5. The molecule has 0 spiro atoms. The Balaban J connectivity index is 2.79. The average molecular weight is 521 g/mol. The molecule has 0 aromatic rings. The highest BCUT2D eigenvalue weighted by Gasteiger charge is 2.32. The van der Waals surface area contributed by atoms with Gasteiger partial charge in [0.1, 0.15) is 24.2 Å². The summed E-state index contributed by atoms with van der Waals surface area (Å²) in [5, 5.41) is 18.9. The molecule has 9 N–H and O–H groups in total. The van der Waals surface area contributed by atoms with Crippen LogP contribution in [0.25, 0.3) is 0 Å². The van der Waals surface area contributed by atoms with Gasteiger partial charge < -0.3 is 37.8 Å². The van der Waals surface area contributed by atoms with Crippen molar-refractivity contribution >= 4 is 57.1 Å². The summed E-state index contributed by atoms with van der Waals surface area (Å²) < 4.78 is 0. The quantitative estimate of drug-likeness (QED) is 0.103. The summed E-state index contributed by atoms with van der Waals surface area (Å²) in [6, 6.07) is -4.03. The smallest absolute Gasteiger partial charge is 0.303 e. The van der Waals surface area contributed by atoms with Gasteiger partial charge in [0, 0.05) is 24.9 Å². The maximum atomic E-state index is 12.7. The molecule has 15 heteroatoms. The van der Waals surface area contributed by atoms with Crippen molar-refractivity contribution in [1.29, 1.82) is 0 Å². The largest absolute Gasteiger partial charge is 0.481 e. The minimum atomic E-state index is -1.13. The zero-order valence-corrected chi connectivity index (χ0v) is 20.5. The maximum Gasteiger partial charge on any atom is 0.303 e. The van der Waals surface area contributed by atoms with Crippen LogP contribution in [-0.2, 0) is 28.8 Å². The fourth-order valence-corrected chi connectivity index (χ4v) is 5.30. The Morgan fingerprint density at radius 1 is 1.09 bits per heavy atom. The minimum absolute atomic E-state index is 0.152. The summed E-state index contributed by atoms with van der Waals surface area (Å²) in [5.74, 6) is -3.86. The summed E-state index contributed by atoms with van der Waals surface area (Å²) in [7, 11) is 2.56. The molecular formula is C19H32N6O7S2. The summed E-state index contributed by atoms with van der Waals surface area (Å²) in [5.41, 5.74) is 10.8. The Hall–Kier alpha value is -2.52. The van der Waals surface area contributed by atoms with Crippen molar-refractivity contribution < 1.29 is 33.9 Å². The molecule has 1 saturated heterocycles. The molecule has 1 rings (SSSR count). The first kappa shape index (κ1) is 29.5. The van der Waals surface area contributed by atoms with Crippen LogP contribution in [0.5, 0.6) is 0 Å². The molecule has 5 amide bonds. The van der Waals surface area contributed by atoms with Gasteiger partial charge in [-0.3, -0.25) is 28.8 Å². The van der Waals surface area contributed by atoms with Crippen LogP contribution in [0.2, 0.25) is 0 Å². The van der Waals surface area contributed by atoms with E-state index in [1.807, 2.05) is 0 Å². The van der Waals surface area contributed by atoms with E-state index in [1.54, 1.807) is 0 Å². The molecule has 1 heterocycles. The van der Waals surface area contributed by atoms with Crippen molar-refractivity contribution in [1.82, 2.24) is 21.3 Å². The van der Waals surface area contributed by atoms with Crippen molar-refractivity contribution in [2.75, 3.05) is 18.1 Å². The molecule has 0 aromatic carbocycles. The number of carboxylic acid groups (broad SMARTS) is 1. The molecule has 1 aliphatic heterocycles. The molecule has 0 aromatic heterocycles. The highest BCUT2D eigenvalue weighted by atomic mass is 33.1. The predicted octanol–water partition coefficient (Wildman–Crippen LogP) is -2.18. The molecule has 0 aliphatic carbocycles. The van der Waals surface area contributed by atoms with Gasteiger partial charge in [-0.2, -0.15) is 0 Å². The predicted molar refractivity (Wildman–Crippen MR) is 127 cm³/mol. The highest BCUT2D eigenvalue weighted by molar-refractivity contribution is 8.76. The third-order valence-corrected chi connectivity index (χ3v) is 7.19. The number of carbonyl (C=O) groups excluding carboxylic acids is 5. The SMILES string of the molecule is CC(=O)N[C@@H](CCC(=O)O)C(=O)N[C@H]1CSSC[C@@H](C(=O)N[C@@H](CCCCN)C(N)=O)NC1=O. The molecule has 1 aliphatic rings. The summed E-state index contributed by atoms with van der Waals surface area (Å²) >= 11 is 0. The molecule has 192 valence electrons. The van der Waals surface area contributed by atoms with Gasteiger partial charge in [0.15, 0.2) is 0 Å². The molecule has 1 fully saturated rings. The van der Waals surface area contributed by atoms with E-state index in [0.29, 0.717) is 25.8 Å². The molecular weight excluding hydrogens is 488 g/mol. The average Bonchev–Trinajstić information content (AvgIpc) is 2.74. The van der Waals surface area contributed by atoms with Crippen molar-refractivity contribution in [3.05, 3.63) is 0 Å². The molecule has 0 saturated carbocycles. The van der Waals surface area contributed by atoms with Gasteiger partial charge in [-0.05, 0) is 32.2 Å². The summed E-state index contributed by atoms with van der Waals surface area (Å²) in [6.07, 6.45) is 1.08. The number of aliphatic carboxylic acids is 1. The van der Waals surface area contributed by atoms with E-state index in [2.05, 4.69) is 21.3 Å². The van der Waals surface area contributed by atoms with Crippen LogP contribution in [0.3, 0.4) is 0 Å². The van der Waals surface area contributed by atoms with Crippen molar-refractivity contribution in [3.63, 3.8) is 0 Å². The fourth-order valence-electron chi connectivity index (χ4n) is 2.98. The zero-order valence-electron chi connectivity index (χ0n) is 18.8. The number of hydrogen-bond acceptors (Lipinski definition) is 9. The number of rotatable bonds is 13. The number of nitrogens with two attached hydrogens (primary N) is 2. The van der Waals surface area contributed by atoms with Crippen molar-refractivity contribution in [2.45, 2.75) is 63.2 Å². The lowest BCUT2D eigenvalue weighted by Crippen LogP contribution is -2.59. The first-order valence-electron chi connectivity index (χ1n) is 10.7. The van der Waals surface area contributed by atoms with Gasteiger partial charge in [-0.25, -0.2) is 0 Å². The first-order valence-corrected chi connectivity index (χ1v) is 13.2. The summed E-state index contributed by atoms with van der Waals surface area (Å²) in [4.78, 5) is 72.0. The lowest BCUT2D eigenvalue weighted by atomic mass is 10.1. The first-order chi connectivity index (χ1) is 16.0. The fraction of sp³-hybridized carbons (Fsp3) is 0.684. The maximum absolute atomic E-state index is 12.7. The minimum Gasteiger partial charge on any atom is -0.481 e. The zero-order chi connectivity index (χ0) is 25.7. The lowest BCUT2D eigenvalue weighted by molar-refractivity contribution is -0.138. The molecule has 34 heavy (non-hydrogen) atoms. The van der Waals surface area contributed by atoms with E-state index in [4.69, 9.17) is 16.6 Å². The Morgan fingerprint density at radius 2 is 1.76 bits per heavy atom. The number of hydrogen-bond donors (Lipinski definition) is 7. The molecule has 0 unspecified atom stereocenters. The van der Waals surface area contributed by atoms with Gasteiger partial charge in [-0.1, -0.05) is 21.6 Å². The number of carboxylic acids is 1. The molecule has 4 atom stereocenters. The highest BCUT2D eigenvalue weighted by Crippen LogP contribution is 2.25.